The molecule has 0 spiro atoms. The minimum Gasteiger partial charge on any atom is -0.457 e. The lowest BCUT2D eigenvalue weighted by molar-refractivity contribution is -0.305. The van der Waals surface area contributed by atoms with Crippen LogP contribution < -0.4 is 0 Å². The Bertz CT molecular complexity index is 989. The number of hydrogen-bond acceptors (Lipinski definition) is 9. The topological polar surface area (TPSA) is 135 Å². The second-order valence-corrected chi connectivity index (χ2v) is 14.1. The Hall–Kier alpha value is -2.11. The Balaban J connectivity index is 2.32. The molecule has 1 fully saturated rings. The molecule has 6 atom stereocenters. The van der Waals surface area contributed by atoms with Crippen molar-refractivity contribution in [1.29, 1.82) is 0 Å². The first-order valence-corrected chi connectivity index (χ1v) is 20.9. The predicted octanol–water partition coefficient (Wildman–Crippen LogP) is 8.74. The van der Waals surface area contributed by atoms with Gasteiger partial charge in [-0.2, -0.15) is 0 Å². The van der Waals surface area contributed by atoms with Gasteiger partial charge in [0.05, 0.1) is 19.8 Å². The van der Waals surface area contributed by atoms with Crippen LogP contribution in [0.25, 0.3) is 0 Å². The van der Waals surface area contributed by atoms with Gasteiger partial charge < -0.3 is 39.4 Å². The number of carbonyl (C=O) groups excluding carboxylic acids is 1. The molecule has 6 unspecified atom stereocenters. The predicted molar refractivity (Wildman–Crippen MR) is 214 cm³/mol. The lowest BCUT2D eigenvalue weighted by Crippen LogP contribution is -2.59. The summed E-state index contributed by atoms with van der Waals surface area (Å²) in [7, 11) is 0. The van der Waals surface area contributed by atoms with Crippen molar-refractivity contribution < 1.29 is 44.2 Å². The maximum Gasteiger partial charge on any atom is 0.306 e. The Morgan fingerprint density at radius 2 is 1.15 bits per heavy atom. The third-order valence-corrected chi connectivity index (χ3v) is 9.20. The summed E-state index contributed by atoms with van der Waals surface area (Å²) in [6, 6.07) is 0. The fourth-order valence-corrected chi connectivity index (χ4v) is 5.93. The molecule has 1 heterocycles. The number of rotatable bonds is 34. The van der Waals surface area contributed by atoms with Crippen molar-refractivity contribution in [2.24, 2.45) is 0 Å². The molecular formula is C44H76O9. The van der Waals surface area contributed by atoms with Crippen LogP contribution in [0.5, 0.6) is 0 Å². The van der Waals surface area contributed by atoms with Gasteiger partial charge in [0.2, 0.25) is 0 Å². The molecule has 1 rings (SSSR count). The number of allylic oxidation sites excluding steroid dienone is 10. The van der Waals surface area contributed by atoms with Gasteiger partial charge in [0, 0.05) is 13.0 Å². The van der Waals surface area contributed by atoms with Crippen molar-refractivity contribution in [2.75, 3.05) is 26.4 Å². The summed E-state index contributed by atoms with van der Waals surface area (Å²) >= 11 is 0. The summed E-state index contributed by atoms with van der Waals surface area (Å²) in [5, 5.41) is 40.0. The van der Waals surface area contributed by atoms with Crippen LogP contribution in [-0.2, 0) is 23.7 Å². The van der Waals surface area contributed by atoms with E-state index in [0.29, 0.717) is 13.0 Å². The zero-order chi connectivity index (χ0) is 38.6. The van der Waals surface area contributed by atoms with Crippen molar-refractivity contribution in [3.8, 4) is 0 Å². The van der Waals surface area contributed by atoms with Crippen molar-refractivity contribution in [3.63, 3.8) is 0 Å². The summed E-state index contributed by atoms with van der Waals surface area (Å²) in [6.07, 6.45) is 36.7. The molecule has 1 aliphatic heterocycles. The molecule has 53 heavy (non-hydrogen) atoms. The number of aliphatic hydroxyl groups excluding tert-OH is 4. The number of hydrogen-bond donors (Lipinski definition) is 4. The lowest BCUT2D eigenvalue weighted by atomic mass is 9.99. The third kappa shape index (κ3) is 27.2. The van der Waals surface area contributed by atoms with Gasteiger partial charge in [-0.05, 0) is 57.8 Å². The molecule has 1 aliphatic rings. The molecule has 0 aliphatic carbocycles. The Morgan fingerprint density at radius 3 is 1.72 bits per heavy atom. The summed E-state index contributed by atoms with van der Waals surface area (Å²) < 4.78 is 22.7. The SMILES string of the molecule is CC/C=C\C/C=C\C/C=C\C/C=C\C/C=C\CCCCCC(=O)OC(COCCCCCCCCCCCCC)COC1OC(CO)C(O)C(O)C1O. The second kappa shape index (κ2) is 35.6. The van der Waals surface area contributed by atoms with Crippen LogP contribution in [0.3, 0.4) is 0 Å². The highest BCUT2D eigenvalue weighted by molar-refractivity contribution is 5.69. The van der Waals surface area contributed by atoms with Crippen LogP contribution in [0, 0.1) is 0 Å². The zero-order valence-corrected chi connectivity index (χ0v) is 33.2. The molecule has 0 aromatic carbocycles. The van der Waals surface area contributed by atoms with E-state index in [0.717, 1.165) is 64.2 Å². The van der Waals surface area contributed by atoms with E-state index >= 15 is 0 Å². The van der Waals surface area contributed by atoms with E-state index in [2.05, 4.69) is 74.6 Å². The molecule has 0 saturated carbocycles. The second-order valence-electron chi connectivity index (χ2n) is 14.1. The van der Waals surface area contributed by atoms with Crippen LogP contribution in [-0.4, -0.2) is 89.6 Å². The molecular weight excluding hydrogens is 672 g/mol. The van der Waals surface area contributed by atoms with Gasteiger partial charge in [0.1, 0.15) is 30.5 Å². The minimum absolute atomic E-state index is 0.128. The molecule has 1 saturated heterocycles. The molecule has 0 aromatic rings. The van der Waals surface area contributed by atoms with Gasteiger partial charge in [0.15, 0.2) is 6.29 Å². The molecule has 9 nitrogen and oxygen atoms in total. The first-order chi connectivity index (χ1) is 25.9. The van der Waals surface area contributed by atoms with Gasteiger partial charge >= 0.3 is 5.97 Å². The number of aliphatic hydroxyl groups is 4. The number of unbranched alkanes of at least 4 members (excludes halogenated alkanes) is 13. The molecule has 0 radical (unpaired) electrons. The number of carbonyl (C=O) groups is 1. The van der Waals surface area contributed by atoms with E-state index in [1.807, 2.05) is 0 Å². The van der Waals surface area contributed by atoms with Crippen LogP contribution in [0.4, 0.5) is 0 Å². The first kappa shape index (κ1) is 48.9. The van der Waals surface area contributed by atoms with Gasteiger partial charge in [0.25, 0.3) is 0 Å². The monoisotopic (exact) mass is 749 g/mol. The average molecular weight is 749 g/mol. The Morgan fingerprint density at radius 1 is 0.623 bits per heavy atom. The smallest absolute Gasteiger partial charge is 0.306 e. The van der Waals surface area contributed by atoms with Gasteiger partial charge in [-0.25, -0.2) is 0 Å². The first-order valence-electron chi connectivity index (χ1n) is 20.9. The van der Waals surface area contributed by atoms with Crippen molar-refractivity contribution in [1.82, 2.24) is 0 Å². The summed E-state index contributed by atoms with van der Waals surface area (Å²) in [5.74, 6) is -0.347. The highest BCUT2D eigenvalue weighted by atomic mass is 16.7. The standard InChI is InChI=1S/C44H76O9/c1-3-5-7-9-11-13-15-16-17-18-19-20-21-22-23-25-27-29-31-33-40(46)52-38(37-51-44-43(49)42(48)41(47)39(35-45)53-44)36-50-34-32-30-28-26-24-14-12-10-8-6-4-2/h5,7,11,13,16-17,19-20,22-23,38-39,41-45,47-49H,3-4,6,8-10,12,14-15,18,21,24-37H2,1-2H3/b7-5-,13-11-,17-16-,20-19-,23-22-. The number of esters is 1. The lowest BCUT2D eigenvalue weighted by Gasteiger charge is -2.39. The Kier molecular flexibility index (Phi) is 32.8. The zero-order valence-electron chi connectivity index (χ0n) is 33.2. The molecule has 0 aromatic heterocycles. The maximum absolute atomic E-state index is 12.7. The fraction of sp³-hybridized carbons (Fsp3) is 0.750. The maximum atomic E-state index is 12.7. The van der Waals surface area contributed by atoms with E-state index < -0.39 is 43.4 Å². The molecule has 306 valence electrons. The van der Waals surface area contributed by atoms with E-state index in [4.69, 9.17) is 18.9 Å². The van der Waals surface area contributed by atoms with Gasteiger partial charge in [-0.15, -0.1) is 0 Å². The minimum atomic E-state index is -1.54. The van der Waals surface area contributed by atoms with Crippen molar-refractivity contribution in [2.45, 2.75) is 185 Å². The van der Waals surface area contributed by atoms with E-state index in [1.54, 1.807) is 0 Å². The largest absolute Gasteiger partial charge is 0.457 e. The van der Waals surface area contributed by atoms with Crippen LogP contribution >= 0.6 is 0 Å². The number of ether oxygens (including phenoxy) is 4. The average Bonchev–Trinajstić information content (AvgIpc) is 3.16. The molecule has 0 bridgehead atoms. The molecule has 9 heteroatoms. The van der Waals surface area contributed by atoms with Crippen molar-refractivity contribution in [3.05, 3.63) is 60.8 Å². The molecule has 0 amide bonds. The molecule has 4 N–H and O–H groups in total. The van der Waals surface area contributed by atoms with E-state index in [9.17, 15) is 25.2 Å². The fourth-order valence-electron chi connectivity index (χ4n) is 5.93. The van der Waals surface area contributed by atoms with Crippen molar-refractivity contribution >= 4 is 5.97 Å². The summed E-state index contributed by atoms with van der Waals surface area (Å²) in [6.45, 7) is 4.38. The quantitative estimate of drug-likeness (QED) is 0.0290. The highest BCUT2D eigenvalue weighted by Gasteiger charge is 2.44. The summed E-state index contributed by atoms with van der Waals surface area (Å²) in [4.78, 5) is 12.7. The normalized spacial score (nSPS) is 21.7. The van der Waals surface area contributed by atoms with E-state index in [1.165, 1.54) is 57.8 Å². The van der Waals surface area contributed by atoms with Crippen LogP contribution in [0.15, 0.2) is 60.8 Å². The van der Waals surface area contributed by atoms with Crippen LogP contribution in [0.1, 0.15) is 149 Å². The Labute approximate surface area is 322 Å². The summed E-state index contributed by atoms with van der Waals surface area (Å²) in [5.41, 5.74) is 0. The van der Waals surface area contributed by atoms with Crippen LogP contribution in [0.2, 0.25) is 0 Å². The highest BCUT2D eigenvalue weighted by Crippen LogP contribution is 2.22. The van der Waals surface area contributed by atoms with Gasteiger partial charge in [-0.3, -0.25) is 4.79 Å². The van der Waals surface area contributed by atoms with E-state index in [-0.39, 0.29) is 25.6 Å². The third-order valence-electron chi connectivity index (χ3n) is 9.20. The van der Waals surface area contributed by atoms with Gasteiger partial charge in [-0.1, -0.05) is 145 Å².